The smallest absolute Gasteiger partial charge is 0.122 e. The van der Waals surface area contributed by atoms with Gasteiger partial charge in [0.05, 0.1) is 6.61 Å². The molecule has 1 fully saturated rings. The summed E-state index contributed by atoms with van der Waals surface area (Å²) >= 11 is 0. The molecular weight excluding hydrogens is 250 g/mol. The molecule has 1 N–H and O–H groups in total. The van der Waals surface area contributed by atoms with Gasteiger partial charge in [-0.3, -0.25) is 0 Å². The van der Waals surface area contributed by atoms with E-state index in [1.807, 2.05) is 0 Å². The lowest BCUT2D eigenvalue weighted by Crippen LogP contribution is -2.21. The van der Waals surface area contributed by atoms with Crippen molar-refractivity contribution in [3.05, 3.63) is 29.3 Å². The monoisotopic (exact) mass is 277 g/mol. The summed E-state index contributed by atoms with van der Waals surface area (Å²) in [6.07, 6.45) is 2.24. The highest BCUT2D eigenvalue weighted by Crippen LogP contribution is 2.24. The molecule has 3 nitrogen and oxygen atoms in total. The van der Waals surface area contributed by atoms with Gasteiger partial charge in [0.2, 0.25) is 0 Å². The average Bonchev–Trinajstić information content (AvgIpc) is 2.47. The summed E-state index contributed by atoms with van der Waals surface area (Å²) in [5, 5.41) is 3.44. The Morgan fingerprint density at radius 1 is 1.35 bits per heavy atom. The SMILES string of the molecule is CCNC(C)c1ccc(OCC2CCOCC2)c(C)c1. The van der Waals surface area contributed by atoms with Gasteiger partial charge in [-0.1, -0.05) is 19.1 Å². The Hall–Kier alpha value is -1.06. The van der Waals surface area contributed by atoms with Crippen LogP contribution in [0.2, 0.25) is 0 Å². The molecule has 2 rings (SSSR count). The van der Waals surface area contributed by atoms with Gasteiger partial charge in [0.25, 0.3) is 0 Å². The summed E-state index contributed by atoms with van der Waals surface area (Å²) in [7, 11) is 0. The van der Waals surface area contributed by atoms with Crippen molar-refractivity contribution in [2.75, 3.05) is 26.4 Å². The van der Waals surface area contributed by atoms with Crippen molar-refractivity contribution in [1.82, 2.24) is 5.32 Å². The van der Waals surface area contributed by atoms with E-state index in [9.17, 15) is 0 Å². The molecule has 1 aromatic carbocycles. The van der Waals surface area contributed by atoms with Crippen LogP contribution in [0.4, 0.5) is 0 Å². The molecule has 1 atom stereocenters. The first-order valence-corrected chi connectivity index (χ1v) is 7.75. The van der Waals surface area contributed by atoms with Gasteiger partial charge >= 0.3 is 0 Å². The first-order chi connectivity index (χ1) is 9.70. The van der Waals surface area contributed by atoms with Crippen LogP contribution in [-0.2, 0) is 4.74 Å². The van der Waals surface area contributed by atoms with Crippen LogP contribution in [0.5, 0.6) is 5.75 Å². The highest BCUT2D eigenvalue weighted by Gasteiger charge is 2.15. The van der Waals surface area contributed by atoms with Crippen molar-refractivity contribution in [3.63, 3.8) is 0 Å². The van der Waals surface area contributed by atoms with Crippen LogP contribution in [-0.4, -0.2) is 26.4 Å². The fourth-order valence-electron chi connectivity index (χ4n) is 2.65. The second kappa shape index (κ2) is 7.65. The minimum Gasteiger partial charge on any atom is -0.493 e. The summed E-state index contributed by atoms with van der Waals surface area (Å²) in [6.45, 7) is 10.0. The molecule has 0 radical (unpaired) electrons. The summed E-state index contributed by atoms with van der Waals surface area (Å²) in [5.74, 6) is 1.66. The Labute approximate surface area is 122 Å². The molecule has 0 aliphatic carbocycles. The van der Waals surface area contributed by atoms with Crippen LogP contribution >= 0.6 is 0 Å². The maximum Gasteiger partial charge on any atom is 0.122 e. The van der Waals surface area contributed by atoms with Gasteiger partial charge in [0.1, 0.15) is 5.75 Å². The molecule has 0 aromatic heterocycles. The third kappa shape index (κ3) is 4.22. The Morgan fingerprint density at radius 2 is 2.10 bits per heavy atom. The van der Waals surface area contributed by atoms with Crippen LogP contribution in [0.1, 0.15) is 43.9 Å². The number of rotatable bonds is 6. The normalized spacial score (nSPS) is 17.9. The molecule has 112 valence electrons. The second-order valence-corrected chi connectivity index (χ2v) is 5.67. The van der Waals surface area contributed by atoms with E-state index >= 15 is 0 Å². The van der Waals surface area contributed by atoms with Crippen LogP contribution < -0.4 is 10.1 Å². The Kier molecular flexibility index (Phi) is 5.86. The van der Waals surface area contributed by atoms with Gasteiger partial charge in [-0.2, -0.15) is 0 Å². The molecule has 20 heavy (non-hydrogen) atoms. The minimum atomic E-state index is 0.392. The minimum absolute atomic E-state index is 0.392. The van der Waals surface area contributed by atoms with Gasteiger partial charge < -0.3 is 14.8 Å². The zero-order valence-corrected chi connectivity index (χ0v) is 12.9. The Morgan fingerprint density at radius 3 is 2.75 bits per heavy atom. The second-order valence-electron chi connectivity index (χ2n) is 5.67. The van der Waals surface area contributed by atoms with E-state index in [1.54, 1.807) is 0 Å². The lowest BCUT2D eigenvalue weighted by atomic mass is 10.0. The van der Waals surface area contributed by atoms with E-state index in [1.165, 1.54) is 11.1 Å². The summed E-state index contributed by atoms with van der Waals surface area (Å²) in [5.41, 5.74) is 2.54. The van der Waals surface area contributed by atoms with Gasteiger partial charge in [0.15, 0.2) is 0 Å². The molecule has 1 saturated heterocycles. The van der Waals surface area contributed by atoms with Crippen molar-refractivity contribution < 1.29 is 9.47 Å². The molecule has 0 bridgehead atoms. The number of aryl methyl sites for hydroxylation is 1. The van der Waals surface area contributed by atoms with Crippen molar-refractivity contribution in [2.45, 2.75) is 39.7 Å². The first-order valence-electron chi connectivity index (χ1n) is 7.75. The average molecular weight is 277 g/mol. The van der Waals surface area contributed by atoms with Crippen LogP contribution in [0, 0.1) is 12.8 Å². The van der Waals surface area contributed by atoms with Gasteiger partial charge in [0, 0.05) is 19.3 Å². The molecule has 1 aromatic rings. The van der Waals surface area contributed by atoms with Crippen LogP contribution in [0.3, 0.4) is 0 Å². The molecule has 1 aliphatic rings. The molecule has 0 spiro atoms. The zero-order valence-electron chi connectivity index (χ0n) is 12.9. The summed E-state index contributed by atoms with van der Waals surface area (Å²) in [6, 6.07) is 6.90. The summed E-state index contributed by atoms with van der Waals surface area (Å²) < 4.78 is 11.4. The van der Waals surface area contributed by atoms with Crippen molar-refractivity contribution in [1.29, 1.82) is 0 Å². The van der Waals surface area contributed by atoms with Gasteiger partial charge in [-0.25, -0.2) is 0 Å². The van der Waals surface area contributed by atoms with Gasteiger partial charge in [-0.05, 0) is 56.3 Å². The van der Waals surface area contributed by atoms with E-state index in [0.717, 1.165) is 45.0 Å². The number of nitrogens with one attached hydrogen (secondary N) is 1. The summed E-state index contributed by atoms with van der Waals surface area (Å²) in [4.78, 5) is 0. The quantitative estimate of drug-likeness (QED) is 0.863. The fraction of sp³-hybridized carbons (Fsp3) is 0.647. The van der Waals surface area contributed by atoms with E-state index in [-0.39, 0.29) is 0 Å². The highest BCUT2D eigenvalue weighted by atomic mass is 16.5. The fourth-order valence-corrected chi connectivity index (χ4v) is 2.65. The largest absolute Gasteiger partial charge is 0.493 e. The van der Waals surface area contributed by atoms with E-state index in [4.69, 9.17) is 9.47 Å². The predicted molar refractivity (Wildman–Crippen MR) is 82.3 cm³/mol. The van der Waals surface area contributed by atoms with Crippen molar-refractivity contribution >= 4 is 0 Å². The van der Waals surface area contributed by atoms with E-state index < -0.39 is 0 Å². The number of ether oxygens (including phenoxy) is 2. The molecular formula is C17H27NO2. The first kappa shape index (κ1) is 15.3. The number of hydrogen-bond donors (Lipinski definition) is 1. The molecule has 1 unspecified atom stereocenters. The highest BCUT2D eigenvalue weighted by molar-refractivity contribution is 5.37. The standard InChI is InChI=1S/C17H27NO2/c1-4-18-14(3)16-5-6-17(13(2)11-16)20-12-15-7-9-19-10-8-15/h5-6,11,14-15,18H,4,7-10,12H2,1-3H3. The maximum atomic E-state index is 6.00. The van der Waals surface area contributed by atoms with E-state index in [0.29, 0.717) is 12.0 Å². The molecule has 0 saturated carbocycles. The lowest BCUT2D eigenvalue weighted by molar-refractivity contribution is 0.0496. The molecule has 1 aliphatic heterocycles. The molecule has 3 heteroatoms. The Balaban J connectivity index is 1.91. The molecule has 0 amide bonds. The van der Waals surface area contributed by atoms with Crippen LogP contribution in [0.15, 0.2) is 18.2 Å². The zero-order chi connectivity index (χ0) is 14.4. The van der Waals surface area contributed by atoms with Crippen molar-refractivity contribution in [3.8, 4) is 5.75 Å². The maximum absolute atomic E-state index is 6.00. The topological polar surface area (TPSA) is 30.5 Å². The number of hydrogen-bond acceptors (Lipinski definition) is 3. The molecule has 1 heterocycles. The van der Waals surface area contributed by atoms with Gasteiger partial charge in [-0.15, -0.1) is 0 Å². The number of benzene rings is 1. The third-order valence-electron chi connectivity index (χ3n) is 4.02. The van der Waals surface area contributed by atoms with Crippen molar-refractivity contribution in [2.24, 2.45) is 5.92 Å². The predicted octanol–water partition coefficient (Wildman–Crippen LogP) is 3.47. The third-order valence-corrected chi connectivity index (χ3v) is 4.02. The lowest BCUT2D eigenvalue weighted by Gasteiger charge is -2.23. The van der Waals surface area contributed by atoms with Crippen LogP contribution in [0.25, 0.3) is 0 Å². The van der Waals surface area contributed by atoms with E-state index in [2.05, 4.69) is 44.3 Å². The Bertz CT molecular complexity index is 413.